The Morgan fingerprint density at radius 1 is 0.724 bits per heavy atom. The van der Waals surface area contributed by atoms with E-state index in [4.69, 9.17) is 33.3 Å². The minimum Gasteiger partial charge on any atom is -0.386 e. The van der Waals surface area contributed by atoms with Gasteiger partial charge >= 0.3 is 15.6 Å². The number of hydrogen-bond donors (Lipinski definition) is 6. The van der Waals surface area contributed by atoms with Crippen LogP contribution in [0.25, 0.3) is 22.3 Å². The number of nitrogens with two attached hydrogens (primary N) is 1. The Morgan fingerprint density at radius 2 is 1.16 bits per heavy atom. The molecule has 0 bridgehead atoms. The summed E-state index contributed by atoms with van der Waals surface area (Å²) in [6.07, 6.45) is -7.73. The van der Waals surface area contributed by atoms with Crippen LogP contribution in [0.3, 0.4) is 0 Å². The molecule has 0 aromatic carbocycles. The van der Waals surface area contributed by atoms with E-state index in [9.17, 15) is 33.9 Å². The second-order valence-corrected chi connectivity index (χ2v) is 16.0. The number of hydrogen-bond acceptors (Lipinski definition) is 19. The van der Waals surface area contributed by atoms with Gasteiger partial charge in [0.2, 0.25) is 0 Å². The molecule has 7 heterocycles. The highest BCUT2D eigenvalue weighted by molar-refractivity contribution is 7.47. The summed E-state index contributed by atoms with van der Waals surface area (Å²) in [5.41, 5.74) is 5.50. The van der Waals surface area contributed by atoms with Crippen molar-refractivity contribution in [3.05, 3.63) is 35.7 Å². The third-order valence-electron chi connectivity index (χ3n) is 9.92. The number of nitrogen functional groups attached to an aromatic ring is 1. The predicted octanol–water partition coefficient (Wildman–Crippen LogP) is 0.773. The van der Waals surface area contributed by atoms with Gasteiger partial charge in [-0.25, -0.2) is 34.0 Å². The van der Waals surface area contributed by atoms with Gasteiger partial charge in [0.25, 0.3) is 5.56 Å². The Kier molecular flexibility index (Phi) is 15.6. The average molecular weight is 862 g/mol. The fourth-order valence-corrected chi connectivity index (χ4v) is 8.51. The van der Waals surface area contributed by atoms with E-state index >= 15 is 0 Å². The third kappa shape index (κ3) is 10.3. The number of phosphoric acid groups is 2. The van der Waals surface area contributed by atoms with E-state index in [1.165, 1.54) is 54.7 Å². The predicted molar refractivity (Wildman–Crippen MR) is 206 cm³/mol. The van der Waals surface area contributed by atoms with Crippen molar-refractivity contribution in [1.82, 2.24) is 48.8 Å². The molecule has 0 radical (unpaired) electrons. The van der Waals surface area contributed by atoms with E-state index in [1.54, 1.807) is 0 Å². The van der Waals surface area contributed by atoms with Crippen LogP contribution in [0, 0.1) is 0 Å². The first-order valence-electron chi connectivity index (χ1n) is 18.9. The molecule has 4 aromatic heterocycles. The molecule has 24 nitrogen and oxygen atoms in total. The molecule has 58 heavy (non-hydrogen) atoms. The Balaban J connectivity index is 0.000000393. The lowest BCUT2D eigenvalue weighted by atomic mass is 10.1. The summed E-state index contributed by atoms with van der Waals surface area (Å²) < 4.78 is 60.9. The molecule has 4 aromatic rings. The third-order valence-corrected chi connectivity index (χ3v) is 11.9. The largest absolute Gasteiger partial charge is 0.472 e. The summed E-state index contributed by atoms with van der Waals surface area (Å²) in [5, 5.41) is 22.2. The van der Waals surface area contributed by atoms with Crippen LogP contribution < -0.4 is 11.3 Å². The molecule has 7 rings (SSSR count). The number of aliphatic hydroxyl groups excluding tert-OH is 2. The summed E-state index contributed by atoms with van der Waals surface area (Å²) in [6.45, 7) is 18.6. The van der Waals surface area contributed by atoms with Crippen LogP contribution in [0.1, 0.15) is 54.0 Å². The number of aliphatic hydroxyl groups is 2. The summed E-state index contributed by atoms with van der Waals surface area (Å²) in [5.74, 6) is 0.0438. The maximum Gasteiger partial charge on any atom is 0.472 e. The van der Waals surface area contributed by atoms with Crippen LogP contribution >= 0.6 is 15.6 Å². The monoisotopic (exact) mass is 861 g/mol. The fourth-order valence-electron chi connectivity index (χ4n) is 6.58. The van der Waals surface area contributed by atoms with Gasteiger partial charge in [-0.15, -0.1) is 0 Å². The van der Waals surface area contributed by atoms with Crippen LogP contribution in [0.2, 0.25) is 0 Å². The molecule has 3 aliphatic rings. The molecule has 7 N–H and O–H groups in total. The highest BCUT2D eigenvalue weighted by Crippen LogP contribution is 2.53. The lowest BCUT2D eigenvalue weighted by Crippen LogP contribution is -2.39. The number of fused-ring (bicyclic) bond motifs is 4. The molecular formula is C32H53N11O13P2. The van der Waals surface area contributed by atoms with Crippen molar-refractivity contribution in [3.63, 3.8) is 0 Å². The summed E-state index contributed by atoms with van der Waals surface area (Å²) in [6, 6.07) is 0. The zero-order chi connectivity index (χ0) is 42.4. The lowest BCUT2D eigenvalue weighted by molar-refractivity contribution is -0.0664. The Labute approximate surface area is 333 Å². The highest BCUT2D eigenvalue weighted by Gasteiger charge is 2.54. The number of ether oxygens (including phenoxy) is 2. The van der Waals surface area contributed by atoms with Gasteiger partial charge < -0.3 is 50.0 Å². The Morgan fingerprint density at radius 3 is 1.59 bits per heavy atom. The first-order valence-corrected chi connectivity index (χ1v) is 21.9. The molecule has 3 saturated heterocycles. The van der Waals surface area contributed by atoms with Crippen molar-refractivity contribution in [2.45, 2.75) is 90.6 Å². The second kappa shape index (κ2) is 19.8. The highest BCUT2D eigenvalue weighted by atomic mass is 31.2. The van der Waals surface area contributed by atoms with Crippen molar-refractivity contribution >= 4 is 43.8 Å². The smallest absolute Gasteiger partial charge is 0.386 e. The molecule has 324 valence electrons. The molecular weight excluding hydrogens is 808 g/mol. The molecule has 26 heteroatoms. The van der Waals surface area contributed by atoms with Crippen molar-refractivity contribution in [1.29, 1.82) is 0 Å². The van der Waals surface area contributed by atoms with E-state index in [0.29, 0.717) is 0 Å². The number of imidazole rings is 2. The van der Waals surface area contributed by atoms with Gasteiger partial charge in [-0.3, -0.25) is 32.0 Å². The molecule has 0 saturated carbocycles. The summed E-state index contributed by atoms with van der Waals surface area (Å²) in [7, 11) is -10.1. The maximum atomic E-state index is 13.0. The molecule has 0 spiro atoms. The van der Waals surface area contributed by atoms with Crippen molar-refractivity contribution in [3.8, 4) is 0 Å². The number of nitrogens with one attached hydrogen (secondary N) is 1. The summed E-state index contributed by atoms with van der Waals surface area (Å²) >= 11 is 0. The number of nitrogens with zero attached hydrogens (tertiary/aromatic N) is 9. The number of H-pyrrole nitrogens is 1. The number of rotatable bonds is 8. The quantitative estimate of drug-likeness (QED) is 0.133. The van der Waals surface area contributed by atoms with E-state index in [-0.39, 0.29) is 28.1 Å². The van der Waals surface area contributed by atoms with Gasteiger partial charge in [0.05, 0.1) is 32.2 Å². The van der Waals surface area contributed by atoms with E-state index in [0.717, 1.165) is 19.0 Å². The van der Waals surface area contributed by atoms with Crippen LogP contribution in [0.15, 0.2) is 30.1 Å². The standard InChI is InChI=1S/C20H23N9O13P2.2C6H15N/c21-15-9-16(23-3-22-15)28(5-26-9)19-11(30)13-7(39-19)1-37-44(35,36)42-14-8(2-38-43(33,34)41-13)40-20(12(14)31)29-6-27-10-17(29)24-4-25-18(10)32;2*1-4-7(5-2)6-3/h3-8,11-14,19-20,30-31H,1-2H2,(H,33,34)(H,35,36)(H2,21,22,23)(H,24,25,32);2*4-6H2,1-3H3/t7-,8-,11-,12-,13-,14-,19-,20-;;/m1../s1. The molecule has 10 atom stereocenters. The topological polar surface area (TPSA) is 310 Å². The average Bonchev–Trinajstić information content (AvgIpc) is 3.97. The normalized spacial score (nSPS) is 31.5. The first-order chi connectivity index (χ1) is 27.6. The van der Waals surface area contributed by atoms with Crippen LogP contribution in [-0.2, 0) is 36.7 Å². The van der Waals surface area contributed by atoms with E-state index in [2.05, 4.69) is 81.2 Å². The first kappa shape index (κ1) is 45.8. The van der Waals surface area contributed by atoms with E-state index in [1.807, 2.05) is 0 Å². The van der Waals surface area contributed by atoms with Gasteiger partial charge in [0.15, 0.2) is 35.1 Å². The fraction of sp³-hybridized carbons (Fsp3) is 0.688. The molecule has 3 aliphatic heterocycles. The summed E-state index contributed by atoms with van der Waals surface area (Å²) in [4.78, 5) is 60.3. The van der Waals surface area contributed by atoms with Crippen molar-refractivity contribution in [2.24, 2.45) is 0 Å². The van der Waals surface area contributed by atoms with Crippen LogP contribution in [0.4, 0.5) is 5.82 Å². The molecule has 3 fully saturated rings. The van der Waals surface area contributed by atoms with Gasteiger partial charge in [0, 0.05) is 0 Å². The Bertz CT molecular complexity index is 2080. The minimum absolute atomic E-state index is 0.00367. The number of phosphoric ester groups is 2. The van der Waals surface area contributed by atoms with E-state index < -0.39 is 83.5 Å². The minimum atomic E-state index is -5.03. The number of anilines is 1. The Hall–Kier alpha value is -3.32. The zero-order valence-corrected chi connectivity index (χ0v) is 34.8. The lowest BCUT2D eigenvalue weighted by Gasteiger charge is -2.27. The van der Waals surface area contributed by atoms with Crippen molar-refractivity contribution < 1.29 is 56.7 Å². The van der Waals surface area contributed by atoms with Crippen molar-refractivity contribution in [2.75, 3.05) is 58.2 Å². The number of aromatic nitrogens is 8. The zero-order valence-electron chi connectivity index (χ0n) is 33.0. The molecule has 2 unspecified atom stereocenters. The SMILES string of the molecule is CCN(CC)CC.CCN(CC)CC.Nc1ncnc2c1ncn2[C@@H]1O[C@@H]2COP(=O)(O)O[C@H]3[C@@H](O)[C@H](n4cnc5c(=O)[nH]cnc54)O[C@@H]3COP(=O)(O)O[C@H]2[C@H]1O. The maximum absolute atomic E-state index is 13.0. The molecule has 0 amide bonds. The van der Waals surface area contributed by atoms with Gasteiger partial charge in [-0.1, -0.05) is 41.5 Å². The van der Waals surface area contributed by atoms with Crippen LogP contribution in [-0.4, -0.2) is 158 Å². The van der Waals surface area contributed by atoms with Crippen LogP contribution in [0.5, 0.6) is 0 Å². The number of aromatic amines is 1. The molecule has 0 aliphatic carbocycles. The van der Waals surface area contributed by atoms with Gasteiger partial charge in [-0.2, -0.15) is 0 Å². The van der Waals surface area contributed by atoms with Gasteiger partial charge in [-0.05, 0) is 39.3 Å². The second-order valence-electron chi connectivity index (χ2n) is 13.2. The van der Waals surface area contributed by atoms with Gasteiger partial charge in [0.1, 0.15) is 48.5 Å².